The Kier molecular flexibility index (Phi) is 4.30. The Hall–Kier alpha value is -1.04. The van der Waals surface area contributed by atoms with E-state index >= 15 is 0 Å². The summed E-state index contributed by atoms with van der Waals surface area (Å²) in [4.78, 5) is 0. The lowest BCUT2D eigenvalue weighted by molar-refractivity contribution is 1.36. The molecule has 0 aliphatic carbocycles. The molecule has 0 aromatic rings. The van der Waals surface area contributed by atoms with Gasteiger partial charge in [0.1, 0.15) is 0 Å². The molecule has 10 heavy (non-hydrogen) atoms. The highest BCUT2D eigenvalue weighted by molar-refractivity contribution is 5.28. The van der Waals surface area contributed by atoms with Gasteiger partial charge in [0.05, 0.1) is 0 Å². The zero-order valence-electron chi connectivity index (χ0n) is 6.72. The van der Waals surface area contributed by atoms with Crippen LogP contribution >= 0.6 is 0 Å². The van der Waals surface area contributed by atoms with Crippen molar-refractivity contribution >= 4 is 0 Å². The van der Waals surface area contributed by atoms with Crippen molar-refractivity contribution in [3.63, 3.8) is 0 Å². The summed E-state index contributed by atoms with van der Waals surface area (Å²) in [7, 11) is 0. The molecule has 0 N–H and O–H groups in total. The van der Waals surface area contributed by atoms with Crippen molar-refractivity contribution in [1.82, 2.24) is 0 Å². The van der Waals surface area contributed by atoms with Crippen molar-refractivity contribution < 1.29 is 0 Å². The van der Waals surface area contributed by atoms with Crippen LogP contribution in [0.4, 0.5) is 0 Å². The molecule has 54 valence electrons. The summed E-state index contributed by atoms with van der Waals surface area (Å²) in [6.07, 6.45) is 7.62. The molecule has 0 radical (unpaired) electrons. The van der Waals surface area contributed by atoms with E-state index in [1.165, 1.54) is 5.57 Å². The molecule has 0 spiro atoms. The molecule has 0 nitrogen and oxygen atoms in total. The van der Waals surface area contributed by atoms with Gasteiger partial charge in [-0.15, -0.1) is 0 Å². The van der Waals surface area contributed by atoms with Crippen molar-refractivity contribution in [2.45, 2.75) is 13.8 Å². The van der Waals surface area contributed by atoms with Crippen LogP contribution in [0, 0.1) is 0 Å². The summed E-state index contributed by atoms with van der Waals surface area (Å²) in [6.45, 7) is 11.4. The van der Waals surface area contributed by atoms with E-state index in [0.29, 0.717) is 0 Å². The first-order valence-electron chi connectivity index (χ1n) is 3.30. The van der Waals surface area contributed by atoms with Gasteiger partial charge in [-0.05, 0) is 19.4 Å². The smallest absolute Gasteiger partial charge is 0.0395 e. The topological polar surface area (TPSA) is 0 Å². The summed E-state index contributed by atoms with van der Waals surface area (Å²) in [5, 5.41) is 0. The van der Waals surface area contributed by atoms with Crippen molar-refractivity contribution in [3.8, 4) is 0 Å². The molecule has 0 unspecified atom stereocenters. The van der Waals surface area contributed by atoms with E-state index < -0.39 is 0 Å². The quantitative estimate of drug-likeness (QED) is 0.520. The molecule has 0 amide bonds. The lowest BCUT2D eigenvalue weighted by Crippen LogP contribution is -1.72. The van der Waals surface area contributed by atoms with Crippen LogP contribution in [0.5, 0.6) is 0 Å². The maximum Gasteiger partial charge on any atom is -0.0395 e. The Labute approximate surface area is 63.3 Å². The Morgan fingerprint density at radius 3 is 2.20 bits per heavy atom. The molecule has 0 rings (SSSR count). The van der Waals surface area contributed by atoms with Crippen molar-refractivity contribution in [3.05, 3.63) is 48.6 Å². The second kappa shape index (κ2) is 4.80. The minimum absolute atomic E-state index is 1.11. The molecule has 0 aliphatic heterocycles. The largest absolute Gasteiger partial charge is 0.0991 e. The van der Waals surface area contributed by atoms with E-state index in [2.05, 4.69) is 13.2 Å². The highest BCUT2D eigenvalue weighted by Gasteiger charge is 1.83. The number of rotatable bonds is 3. The zero-order chi connectivity index (χ0) is 7.98. The number of hydrogen-bond acceptors (Lipinski definition) is 0. The third kappa shape index (κ3) is 3.90. The normalized spacial score (nSPS) is 12.0. The minimum Gasteiger partial charge on any atom is -0.0991 e. The van der Waals surface area contributed by atoms with Crippen LogP contribution in [0.1, 0.15) is 13.8 Å². The van der Waals surface area contributed by atoms with E-state index in [4.69, 9.17) is 0 Å². The Morgan fingerprint density at radius 1 is 1.20 bits per heavy atom. The van der Waals surface area contributed by atoms with Crippen molar-refractivity contribution in [1.29, 1.82) is 0 Å². The van der Waals surface area contributed by atoms with Gasteiger partial charge in [-0.1, -0.05) is 43.0 Å². The molecule has 0 heteroatoms. The lowest BCUT2D eigenvalue weighted by Gasteiger charge is -1.93. The summed E-state index contributed by atoms with van der Waals surface area (Å²) in [6, 6.07) is 0. The standard InChI is InChI=1S/C10H14/c1-5-6-7-8-10(4)9(2)3/h5-8H,1-2H2,3-4H3. The van der Waals surface area contributed by atoms with Gasteiger partial charge in [-0.25, -0.2) is 0 Å². The second-order valence-corrected chi connectivity index (χ2v) is 2.25. The molecular formula is C10H14. The highest BCUT2D eigenvalue weighted by Crippen LogP contribution is 2.03. The van der Waals surface area contributed by atoms with Gasteiger partial charge in [0, 0.05) is 0 Å². The Morgan fingerprint density at radius 2 is 1.80 bits per heavy atom. The van der Waals surface area contributed by atoms with Gasteiger partial charge in [-0.3, -0.25) is 0 Å². The van der Waals surface area contributed by atoms with E-state index in [1.807, 2.05) is 32.1 Å². The van der Waals surface area contributed by atoms with Gasteiger partial charge >= 0.3 is 0 Å². The van der Waals surface area contributed by atoms with Crippen LogP contribution in [0.3, 0.4) is 0 Å². The second-order valence-electron chi connectivity index (χ2n) is 2.25. The predicted molar refractivity (Wildman–Crippen MR) is 47.9 cm³/mol. The SMILES string of the molecule is C=CC=CC=C(C)C(=C)C. The fourth-order valence-corrected chi connectivity index (χ4v) is 0.421. The van der Waals surface area contributed by atoms with E-state index in [-0.39, 0.29) is 0 Å². The molecule has 0 fully saturated rings. The monoisotopic (exact) mass is 134 g/mol. The van der Waals surface area contributed by atoms with Crippen molar-refractivity contribution in [2.24, 2.45) is 0 Å². The van der Waals surface area contributed by atoms with E-state index in [1.54, 1.807) is 6.08 Å². The molecule has 0 saturated carbocycles. The van der Waals surface area contributed by atoms with Crippen LogP contribution in [-0.4, -0.2) is 0 Å². The van der Waals surface area contributed by atoms with Gasteiger partial charge in [-0.2, -0.15) is 0 Å². The lowest BCUT2D eigenvalue weighted by atomic mass is 10.1. The molecule has 0 aromatic carbocycles. The zero-order valence-corrected chi connectivity index (χ0v) is 6.72. The maximum atomic E-state index is 3.81. The maximum absolute atomic E-state index is 3.81. The van der Waals surface area contributed by atoms with Crippen LogP contribution < -0.4 is 0 Å². The van der Waals surface area contributed by atoms with Gasteiger partial charge < -0.3 is 0 Å². The van der Waals surface area contributed by atoms with Gasteiger partial charge in [0.15, 0.2) is 0 Å². The van der Waals surface area contributed by atoms with Gasteiger partial charge in [0.25, 0.3) is 0 Å². The molecule has 0 heterocycles. The minimum atomic E-state index is 1.11. The third-order valence-electron chi connectivity index (χ3n) is 1.27. The van der Waals surface area contributed by atoms with Crippen LogP contribution in [0.15, 0.2) is 48.6 Å². The fraction of sp³-hybridized carbons (Fsp3) is 0.200. The van der Waals surface area contributed by atoms with E-state index in [0.717, 1.165) is 5.57 Å². The number of allylic oxidation sites excluding steroid dienone is 6. The molecule has 0 aromatic heterocycles. The molecule has 0 bridgehead atoms. The first-order chi connectivity index (χ1) is 4.68. The third-order valence-corrected chi connectivity index (χ3v) is 1.27. The highest BCUT2D eigenvalue weighted by atomic mass is 13.9. The first-order valence-corrected chi connectivity index (χ1v) is 3.30. The fourth-order valence-electron chi connectivity index (χ4n) is 0.421. The molecule has 0 aliphatic rings. The summed E-state index contributed by atoms with van der Waals surface area (Å²) < 4.78 is 0. The molecular weight excluding hydrogens is 120 g/mol. The predicted octanol–water partition coefficient (Wildman–Crippen LogP) is 3.25. The summed E-state index contributed by atoms with van der Waals surface area (Å²) in [5.41, 5.74) is 2.31. The van der Waals surface area contributed by atoms with Crippen LogP contribution in [0.2, 0.25) is 0 Å². The van der Waals surface area contributed by atoms with Crippen LogP contribution in [-0.2, 0) is 0 Å². The Balaban J connectivity index is 4.04. The number of hydrogen-bond donors (Lipinski definition) is 0. The first kappa shape index (κ1) is 8.96. The van der Waals surface area contributed by atoms with Crippen LogP contribution in [0.25, 0.3) is 0 Å². The van der Waals surface area contributed by atoms with Crippen molar-refractivity contribution in [2.75, 3.05) is 0 Å². The average Bonchev–Trinajstić information content (AvgIpc) is 1.88. The Bertz CT molecular complexity index is 180. The molecule has 0 saturated heterocycles. The summed E-state index contributed by atoms with van der Waals surface area (Å²) in [5.74, 6) is 0. The van der Waals surface area contributed by atoms with Gasteiger partial charge in [0.2, 0.25) is 0 Å². The molecule has 0 atom stereocenters. The van der Waals surface area contributed by atoms with E-state index in [9.17, 15) is 0 Å². The average molecular weight is 134 g/mol. The summed E-state index contributed by atoms with van der Waals surface area (Å²) >= 11 is 0.